The van der Waals surface area contributed by atoms with Gasteiger partial charge in [-0.25, -0.2) is 0 Å². The van der Waals surface area contributed by atoms with Gasteiger partial charge in [0.25, 0.3) is 0 Å². The van der Waals surface area contributed by atoms with Crippen LogP contribution in [0.3, 0.4) is 0 Å². The van der Waals surface area contributed by atoms with E-state index in [0.29, 0.717) is 25.9 Å². The first-order valence-electron chi connectivity index (χ1n) is 7.75. The van der Waals surface area contributed by atoms with Crippen LogP contribution >= 0.6 is 0 Å². The van der Waals surface area contributed by atoms with E-state index >= 15 is 0 Å². The Morgan fingerprint density at radius 3 is 2.87 bits per heavy atom. The molecule has 23 heavy (non-hydrogen) atoms. The van der Waals surface area contributed by atoms with E-state index in [2.05, 4.69) is 20.2 Å². The van der Waals surface area contributed by atoms with Gasteiger partial charge in [-0.1, -0.05) is 0 Å². The third kappa shape index (κ3) is 3.39. The highest BCUT2D eigenvalue weighted by Crippen LogP contribution is 2.22. The van der Waals surface area contributed by atoms with Crippen molar-refractivity contribution in [1.29, 1.82) is 0 Å². The number of carbonyl (C=O) groups excluding carboxylic acids is 1. The minimum atomic E-state index is -0.521. The van der Waals surface area contributed by atoms with Gasteiger partial charge < -0.3 is 10.0 Å². The maximum absolute atomic E-state index is 12.5. The van der Waals surface area contributed by atoms with E-state index < -0.39 is 6.10 Å². The second-order valence-corrected chi connectivity index (χ2v) is 6.12. The summed E-state index contributed by atoms with van der Waals surface area (Å²) in [7, 11) is 0. The first kappa shape index (κ1) is 15.6. The van der Waals surface area contributed by atoms with Crippen LogP contribution in [0.25, 0.3) is 0 Å². The van der Waals surface area contributed by atoms with Crippen LogP contribution in [-0.4, -0.2) is 55.3 Å². The molecule has 2 N–H and O–H groups in total. The number of nitrogens with zero attached hydrogens (tertiary/aromatic N) is 4. The van der Waals surface area contributed by atoms with Gasteiger partial charge in [0.05, 0.1) is 23.9 Å². The van der Waals surface area contributed by atoms with Gasteiger partial charge in [-0.05, 0) is 20.3 Å². The molecule has 1 saturated heterocycles. The Labute approximate surface area is 134 Å². The van der Waals surface area contributed by atoms with E-state index in [4.69, 9.17) is 0 Å². The van der Waals surface area contributed by atoms with Crippen molar-refractivity contribution in [2.24, 2.45) is 5.92 Å². The van der Waals surface area contributed by atoms with Crippen LogP contribution in [0.1, 0.15) is 22.6 Å². The quantitative estimate of drug-likeness (QED) is 0.852. The Kier molecular flexibility index (Phi) is 4.38. The summed E-state index contributed by atoms with van der Waals surface area (Å²) in [4.78, 5) is 22.5. The van der Waals surface area contributed by atoms with Gasteiger partial charge in [0.1, 0.15) is 0 Å². The van der Waals surface area contributed by atoms with Crippen molar-refractivity contribution in [3.63, 3.8) is 0 Å². The molecule has 7 nitrogen and oxygen atoms in total. The molecular weight excluding hydrogens is 294 g/mol. The molecule has 1 fully saturated rings. The number of hydrogen-bond acceptors (Lipinski definition) is 5. The van der Waals surface area contributed by atoms with Gasteiger partial charge >= 0.3 is 0 Å². The Hall–Kier alpha value is -2.28. The Balaban J connectivity index is 1.63. The molecule has 3 heterocycles. The molecule has 1 aliphatic rings. The number of carbonyl (C=O) groups is 1. The molecule has 7 heteroatoms. The zero-order chi connectivity index (χ0) is 16.4. The molecule has 2 aromatic heterocycles. The summed E-state index contributed by atoms with van der Waals surface area (Å²) in [5.74, 6) is 0.0282. The molecule has 2 aromatic rings. The van der Waals surface area contributed by atoms with Gasteiger partial charge in [0, 0.05) is 48.9 Å². The molecule has 1 amide bonds. The summed E-state index contributed by atoms with van der Waals surface area (Å²) in [6.45, 7) is 4.73. The van der Waals surface area contributed by atoms with Crippen molar-refractivity contribution in [3.05, 3.63) is 41.2 Å². The maximum atomic E-state index is 12.5. The van der Waals surface area contributed by atoms with Crippen LogP contribution in [0, 0.1) is 19.8 Å². The van der Waals surface area contributed by atoms with E-state index in [-0.39, 0.29) is 11.8 Å². The third-order valence-corrected chi connectivity index (χ3v) is 4.46. The highest BCUT2D eigenvalue weighted by Gasteiger charge is 2.34. The number of aromatic nitrogens is 4. The number of aliphatic hydroxyl groups is 1. The van der Waals surface area contributed by atoms with E-state index in [1.807, 2.05) is 13.8 Å². The molecule has 2 atom stereocenters. The van der Waals surface area contributed by atoms with Gasteiger partial charge in [-0.15, -0.1) is 0 Å². The molecule has 0 saturated carbocycles. The van der Waals surface area contributed by atoms with Gasteiger partial charge in [0.15, 0.2) is 0 Å². The first-order chi connectivity index (χ1) is 11.0. The fourth-order valence-electron chi connectivity index (χ4n) is 3.06. The molecule has 0 radical (unpaired) electrons. The summed E-state index contributed by atoms with van der Waals surface area (Å²) < 4.78 is 0. The minimum Gasteiger partial charge on any atom is -0.391 e. The summed E-state index contributed by atoms with van der Waals surface area (Å²) in [6, 6.07) is 0. The molecule has 0 bridgehead atoms. The molecule has 1 aliphatic heterocycles. The number of aryl methyl sites for hydroxylation is 2. The fraction of sp³-hybridized carbons (Fsp3) is 0.500. The smallest absolute Gasteiger partial charge is 0.227 e. The number of nitrogens with one attached hydrogen (secondary N) is 1. The molecule has 0 aromatic carbocycles. The van der Waals surface area contributed by atoms with Crippen molar-refractivity contribution in [3.8, 4) is 0 Å². The average molecular weight is 315 g/mol. The molecule has 0 spiro atoms. The van der Waals surface area contributed by atoms with E-state index in [1.165, 1.54) is 0 Å². The fourth-order valence-corrected chi connectivity index (χ4v) is 3.06. The van der Waals surface area contributed by atoms with Crippen molar-refractivity contribution >= 4 is 5.91 Å². The molecule has 122 valence electrons. The van der Waals surface area contributed by atoms with Gasteiger partial charge in [-0.2, -0.15) is 5.10 Å². The average Bonchev–Trinajstić information content (AvgIpc) is 3.06. The van der Waals surface area contributed by atoms with Crippen LogP contribution in [0.2, 0.25) is 0 Å². The lowest BCUT2D eigenvalue weighted by atomic mass is 10.0. The number of β-amino-alcohol motifs (C(OH)–C–C–N with tert-alkyl or cyclic N) is 1. The van der Waals surface area contributed by atoms with Crippen LogP contribution < -0.4 is 0 Å². The van der Waals surface area contributed by atoms with Crippen molar-refractivity contribution < 1.29 is 9.90 Å². The summed E-state index contributed by atoms with van der Waals surface area (Å²) in [5, 5.41) is 17.3. The lowest BCUT2D eigenvalue weighted by Crippen LogP contribution is -2.31. The Bertz CT molecular complexity index is 666. The third-order valence-electron chi connectivity index (χ3n) is 4.46. The van der Waals surface area contributed by atoms with Gasteiger partial charge in [-0.3, -0.25) is 19.9 Å². The van der Waals surface area contributed by atoms with Crippen molar-refractivity contribution in [2.45, 2.75) is 32.8 Å². The summed E-state index contributed by atoms with van der Waals surface area (Å²) in [5.41, 5.74) is 3.56. The van der Waals surface area contributed by atoms with Crippen LogP contribution in [0.15, 0.2) is 18.6 Å². The number of aliphatic hydroxyl groups excluding tert-OH is 1. The number of likely N-dealkylation sites (tertiary alicyclic amines) is 1. The Morgan fingerprint density at radius 1 is 1.39 bits per heavy atom. The van der Waals surface area contributed by atoms with Crippen molar-refractivity contribution in [1.82, 2.24) is 25.1 Å². The minimum absolute atomic E-state index is 0.00203. The second-order valence-electron chi connectivity index (χ2n) is 6.12. The predicted molar refractivity (Wildman–Crippen MR) is 83.6 cm³/mol. The molecular formula is C16H21N5O2. The maximum Gasteiger partial charge on any atom is 0.227 e. The highest BCUT2D eigenvalue weighted by molar-refractivity contribution is 5.79. The lowest BCUT2D eigenvalue weighted by molar-refractivity contribution is -0.129. The zero-order valence-corrected chi connectivity index (χ0v) is 13.4. The number of rotatable bonds is 4. The first-order valence-corrected chi connectivity index (χ1v) is 7.75. The zero-order valence-electron chi connectivity index (χ0n) is 13.4. The molecule has 0 aliphatic carbocycles. The number of H-pyrrole nitrogens is 1. The van der Waals surface area contributed by atoms with Gasteiger partial charge in [0.2, 0.25) is 5.91 Å². The highest BCUT2D eigenvalue weighted by atomic mass is 16.3. The number of aromatic amines is 1. The molecule has 0 unspecified atom stereocenters. The van der Waals surface area contributed by atoms with E-state index in [1.54, 1.807) is 23.5 Å². The lowest BCUT2D eigenvalue weighted by Gasteiger charge is -2.16. The standard InChI is InChI=1S/C16H21N5O2/c1-10-14(11(2)20-19-10)6-16(23)21-8-12(15(22)9-21)5-13-7-17-3-4-18-13/h3-4,7,12,15,22H,5-6,8-9H2,1-2H3,(H,19,20)/t12-,15-/m1/s1. The second kappa shape index (κ2) is 6.45. The van der Waals surface area contributed by atoms with E-state index in [9.17, 15) is 9.90 Å². The van der Waals surface area contributed by atoms with Crippen LogP contribution in [0.5, 0.6) is 0 Å². The van der Waals surface area contributed by atoms with Crippen molar-refractivity contribution in [2.75, 3.05) is 13.1 Å². The van der Waals surface area contributed by atoms with E-state index in [0.717, 1.165) is 22.6 Å². The van der Waals surface area contributed by atoms with Crippen LogP contribution in [-0.2, 0) is 17.6 Å². The SMILES string of the molecule is Cc1n[nH]c(C)c1CC(=O)N1C[C@@H](Cc2cnccn2)[C@H](O)C1. The normalized spacial score (nSPS) is 20.9. The topological polar surface area (TPSA) is 95.0 Å². The number of amides is 1. The molecule has 3 rings (SSSR count). The largest absolute Gasteiger partial charge is 0.391 e. The summed E-state index contributed by atoms with van der Waals surface area (Å²) >= 11 is 0. The monoisotopic (exact) mass is 315 g/mol. The number of hydrogen-bond donors (Lipinski definition) is 2. The van der Waals surface area contributed by atoms with Crippen LogP contribution in [0.4, 0.5) is 0 Å². The summed E-state index contributed by atoms with van der Waals surface area (Å²) in [6.07, 6.45) is 5.40. The Morgan fingerprint density at radius 2 is 2.22 bits per heavy atom. The predicted octanol–water partition coefficient (Wildman–Crippen LogP) is 0.421.